The predicted molar refractivity (Wildman–Crippen MR) is 77.0 cm³/mol. The molecule has 1 aromatic heterocycles. The van der Waals surface area contributed by atoms with Gasteiger partial charge in [-0.3, -0.25) is 4.68 Å². The van der Waals surface area contributed by atoms with Crippen molar-refractivity contribution in [2.24, 2.45) is 7.05 Å². The van der Waals surface area contributed by atoms with E-state index in [4.69, 9.17) is 10.5 Å². The molecule has 0 amide bonds. The van der Waals surface area contributed by atoms with Crippen LogP contribution < -0.4 is 10.5 Å². The molecule has 2 rings (SSSR count). The molecule has 0 aliphatic heterocycles. The lowest BCUT2D eigenvalue weighted by atomic mass is 10.1. The molecule has 5 heteroatoms. The Hall–Kier alpha value is -2.01. The fraction of sp³-hybridized carbons (Fsp3) is 0.357. The highest BCUT2D eigenvalue weighted by Crippen LogP contribution is 2.26. The highest BCUT2D eigenvalue weighted by molar-refractivity contribution is 5.65. The number of ether oxygens (including phenoxy) is 1. The first-order chi connectivity index (χ1) is 8.99. The molecule has 2 N–H and O–H groups in total. The minimum atomic E-state index is 0.645. The Morgan fingerprint density at radius 1 is 1.26 bits per heavy atom. The quantitative estimate of drug-likeness (QED) is 0.909. The second-order valence-electron chi connectivity index (χ2n) is 4.89. The first kappa shape index (κ1) is 13.4. The zero-order valence-corrected chi connectivity index (χ0v) is 11.8. The molecule has 0 saturated carbocycles. The van der Waals surface area contributed by atoms with Crippen LogP contribution in [-0.4, -0.2) is 35.9 Å². The van der Waals surface area contributed by atoms with Gasteiger partial charge < -0.3 is 15.4 Å². The summed E-state index contributed by atoms with van der Waals surface area (Å²) in [5.74, 6) is 1.48. The third-order valence-corrected chi connectivity index (χ3v) is 2.91. The normalized spacial score (nSPS) is 11.0. The molecule has 1 aromatic carbocycles. The van der Waals surface area contributed by atoms with Crippen molar-refractivity contribution in [1.82, 2.24) is 14.7 Å². The molecule has 0 unspecified atom stereocenters. The van der Waals surface area contributed by atoms with E-state index in [1.54, 1.807) is 11.8 Å². The second kappa shape index (κ2) is 5.32. The van der Waals surface area contributed by atoms with Crippen LogP contribution in [0.4, 0.5) is 5.82 Å². The summed E-state index contributed by atoms with van der Waals surface area (Å²) in [5, 5.41) is 4.40. The number of nitrogens with two attached hydrogens (primary N) is 1. The Morgan fingerprint density at radius 3 is 2.53 bits per heavy atom. The zero-order chi connectivity index (χ0) is 14.0. The average molecular weight is 260 g/mol. The van der Waals surface area contributed by atoms with Gasteiger partial charge in [0.05, 0.1) is 12.8 Å². The van der Waals surface area contributed by atoms with Crippen molar-refractivity contribution in [2.45, 2.75) is 6.54 Å². The first-order valence-corrected chi connectivity index (χ1v) is 6.12. The van der Waals surface area contributed by atoms with E-state index in [1.165, 1.54) is 5.56 Å². The van der Waals surface area contributed by atoms with Gasteiger partial charge in [-0.2, -0.15) is 5.10 Å². The Kier molecular flexibility index (Phi) is 3.76. The van der Waals surface area contributed by atoms with Gasteiger partial charge in [0.1, 0.15) is 11.6 Å². The molecule has 0 bridgehead atoms. The third kappa shape index (κ3) is 3.06. The van der Waals surface area contributed by atoms with E-state index in [2.05, 4.69) is 16.1 Å². The van der Waals surface area contributed by atoms with Gasteiger partial charge in [0.2, 0.25) is 0 Å². The molecule has 0 saturated heterocycles. The van der Waals surface area contributed by atoms with E-state index in [-0.39, 0.29) is 0 Å². The highest BCUT2D eigenvalue weighted by Gasteiger charge is 2.09. The summed E-state index contributed by atoms with van der Waals surface area (Å²) in [6.45, 7) is 0.854. The molecule has 0 radical (unpaired) electrons. The van der Waals surface area contributed by atoms with Crippen molar-refractivity contribution in [3.63, 3.8) is 0 Å². The van der Waals surface area contributed by atoms with Crippen molar-refractivity contribution in [2.75, 3.05) is 26.9 Å². The number of benzene rings is 1. The number of aryl methyl sites for hydroxylation is 1. The summed E-state index contributed by atoms with van der Waals surface area (Å²) in [4.78, 5) is 2.12. The maximum absolute atomic E-state index is 5.83. The molecule has 1 heterocycles. The van der Waals surface area contributed by atoms with E-state index in [9.17, 15) is 0 Å². The van der Waals surface area contributed by atoms with Crippen molar-refractivity contribution >= 4 is 5.82 Å². The summed E-state index contributed by atoms with van der Waals surface area (Å²) < 4.78 is 7.02. The Morgan fingerprint density at radius 2 is 2.00 bits per heavy atom. The molecular weight excluding hydrogens is 240 g/mol. The molecule has 0 aliphatic rings. The molecule has 5 nitrogen and oxygen atoms in total. The minimum absolute atomic E-state index is 0.645. The molecule has 0 spiro atoms. The van der Waals surface area contributed by atoms with Gasteiger partial charge in [-0.25, -0.2) is 0 Å². The number of methoxy groups -OCH3 is 1. The van der Waals surface area contributed by atoms with Crippen LogP contribution in [-0.2, 0) is 13.6 Å². The molecule has 2 aromatic rings. The topological polar surface area (TPSA) is 56.3 Å². The highest BCUT2D eigenvalue weighted by atomic mass is 16.5. The molecule has 19 heavy (non-hydrogen) atoms. The summed E-state index contributed by atoms with van der Waals surface area (Å²) in [7, 11) is 7.58. The lowest BCUT2D eigenvalue weighted by Gasteiger charge is -2.12. The maximum atomic E-state index is 5.83. The maximum Gasteiger partial charge on any atom is 0.121 e. The van der Waals surface area contributed by atoms with E-state index >= 15 is 0 Å². The average Bonchev–Trinajstić information content (AvgIpc) is 2.68. The van der Waals surface area contributed by atoms with Gasteiger partial charge in [-0.1, -0.05) is 0 Å². The van der Waals surface area contributed by atoms with E-state index in [1.807, 2.05) is 39.3 Å². The lowest BCUT2D eigenvalue weighted by molar-refractivity contribution is 0.395. The number of anilines is 1. The number of nitrogen functional groups attached to an aromatic ring is 1. The molecule has 0 atom stereocenters. The number of aromatic nitrogens is 2. The number of rotatable bonds is 4. The van der Waals surface area contributed by atoms with Gasteiger partial charge >= 0.3 is 0 Å². The van der Waals surface area contributed by atoms with Gasteiger partial charge in [0, 0.05) is 25.2 Å². The molecule has 102 valence electrons. The zero-order valence-electron chi connectivity index (χ0n) is 11.8. The van der Waals surface area contributed by atoms with Crippen LogP contribution in [0.15, 0.2) is 24.3 Å². The number of hydrogen-bond donors (Lipinski definition) is 1. The number of nitrogens with zero attached hydrogens (tertiary/aromatic N) is 3. The predicted octanol–water partition coefficient (Wildman–Crippen LogP) is 1.74. The first-order valence-electron chi connectivity index (χ1n) is 6.12. The van der Waals surface area contributed by atoms with Crippen molar-refractivity contribution in [1.29, 1.82) is 0 Å². The van der Waals surface area contributed by atoms with Crippen molar-refractivity contribution in [3.05, 3.63) is 29.8 Å². The minimum Gasteiger partial charge on any atom is -0.497 e. The fourth-order valence-electron chi connectivity index (χ4n) is 2.01. The van der Waals surface area contributed by atoms with Crippen LogP contribution in [0.2, 0.25) is 0 Å². The monoisotopic (exact) mass is 260 g/mol. The summed E-state index contributed by atoms with van der Waals surface area (Å²) >= 11 is 0. The van der Waals surface area contributed by atoms with Crippen LogP contribution in [0.25, 0.3) is 11.3 Å². The van der Waals surface area contributed by atoms with Gasteiger partial charge in [0.25, 0.3) is 0 Å². The van der Waals surface area contributed by atoms with Crippen LogP contribution in [0.3, 0.4) is 0 Å². The fourth-order valence-corrected chi connectivity index (χ4v) is 2.01. The van der Waals surface area contributed by atoms with Gasteiger partial charge in [0.15, 0.2) is 0 Å². The lowest BCUT2D eigenvalue weighted by Crippen LogP contribution is -2.10. The standard InChI is InChI=1S/C14H20N4O/c1-17(2)9-10-5-11(7-12(6-10)19-4)13-8-14(15)18(3)16-13/h5-8H,9,15H2,1-4H3. The van der Waals surface area contributed by atoms with E-state index in [0.717, 1.165) is 23.6 Å². The molecule has 0 aliphatic carbocycles. The summed E-state index contributed by atoms with van der Waals surface area (Å²) in [6.07, 6.45) is 0. The van der Waals surface area contributed by atoms with Crippen LogP contribution >= 0.6 is 0 Å². The van der Waals surface area contributed by atoms with Crippen LogP contribution in [0.1, 0.15) is 5.56 Å². The Bertz CT molecular complexity index is 555. The number of hydrogen-bond acceptors (Lipinski definition) is 4. The van der Waals surface area contributed by atoms with Crippen LogP contribution in [0, 0.1) is 0 Å². The Labute approximate surface area is 113 Å². The van der Waals surface area contributed by atoms with Crippen molar-refractivity contribution < 1.29 is 4.74 Å². The largest absolute Gasteiger partial charge is 0.497 e. The van der Waals surface area contributed by atoms with Gasteiger partial charge in [-0.15, -0.1) is 0 Å². The van der Waals surface area contributed by atoms with Crippen LogP contribution in [0.5, 0.6) is 5.75 Å². The summed E-state index contributed by atoms with van der Waals surface area (Å²) in [6, 6.07) is 8.00. The van der Waals surface area contributed by atoms with E-state index in [0.29, 0.717) is 5.82 Å². The summed E-state index contributed by atoms with van der Waals surface area (Å²) in [5.41, 5.74) is 8.89. The third-order valence-electron chi connectivity index (χ3n) is 2.91. The van der Waals surface area contributed by atoms with Crippen molar-refractivity contribution in [3.8, 4) is 17.0 Å². The SMILES string of the molecule is COc1cc(CN(C)C)cc(-c2cc(N)n(C)n2)c1. The Balaban J connectivity index is 2.44. The van der Waals surface area contributed by atoms with E-state index < -0.39 is 0 Å². The second-order valence-corrected chi connectivity index (χ2v) is 4.89. The smallest absolute Gasteiger partial charge is 0.121 e. The van der Waals surface area contributed by atoms with Gasteiger partial charge in [-0.05, 0) is 37.9 Å². The molecular formula is C14H20N4O. The molecule has 0 fully saturated rings.